The fourth-order valence-electron chi connectivity index (χ4n) is 3.26. The first kappa shape index (κ1) is 14.3. The lowest BCUT2D eigenvalue weighted by Gasteiger charge is -2.42. The molecular weight excluding hydrogens is 258 g/mol. The molecule has 1 saturated heterocycles. The molecule has 3 N–H and O–H groups in total. The van der Waals surface area contributed by atoms with Crippen molar-refractivity contribution in [2.75, 3.05) is 26.2 Å². The zero-order valence-corrected chi connectivity index (χ0v) is 12.3. The number of rotatable bonds is 4. The van der Waals surface area contributed by atoms with E-state index in [2.05, 4.69) is 70.9 Å². The van der Waals surface area contributed by atoms with Crippen molar-refractivity contribution in [3.8, 4) is 0 Å². The Balaban J connectivity index is 1.96. The summed E-state index contributed by atoms with van der Waals surface area (Å²) in [5.74, 6) is 0. The lowest BCUT2D eigenvalue weighted by Crippen LogP contribution is -2.49. The molecule has 2 atom stereocenters. The molecule has 0 spiro atoms. The molecule has 110 valence electrons. The van der Waals surface area contributed by atoms with Gasteiger partial charge in [0.05, 0.1) is 12.1 Å². The first-order valence-electron chi connectivity index (χ1n) is 7.67. The van der Waals surface area contributed by atoms with Gasteiger partial charge in [-0.2, -0.15) is 0 Å². The monoisotopic (exact) mass is 281 g/mol. The number of nitrogens with two attached hydrogens (primary N) is 1. The van der Waals surface area contributed by atoms with Crippen LogP contribution in [-0.4, -0.2) is 31.1 Å². The van der Waals surface area contributed by atoms with Gasteiger partial charge in [-0.15, -0.1) is 0 Å². The minimum atomic E-state index is 0.314. The molecule has 0 aromatic heterocycles. The van der Waals surface area contributed by atoms with Gasteiger partial charge in [0.1, 0.15) is 0 Å². The van der Waals surface area contributed by atoms with E-state index in [0.29, 0.717) is 18.6 Å². The van der Waals surface area contributed by atoms with E-state index in [1.54, 1.807) is 0 Å². The van der Waals surface area contributed by atoms with Crippen LogP contribution in [0.5, 0.6) is 0 Å². The third-order valence-electron chi connectivity index (χ3n) is 4.19. The number of piperazine rings is 1. The summed E-state index contributed by atoms with van der Waals surface area (Å²) in [6.45, 7) is 3.68. The first-order valence-corrected chi connectivity index (χ1v) is 7.67. The van der Waals surface area contributed by atoms with Crippen LogP contribution in [0.4, 0.5) is 0 Å². The number of benzene rings is 2. The molecular formula is C18H23N3. The average molecular weight is 281 g/mol. The maximum Gasteiger partial charge on any atom is 0.0544 e. The molecule has 3 rings (SSSR count). The van der Waals surface area contributed by atoms with Gasteiger partial charge in [-0.25, -0.2) is 0 Å². The SMILES string of the molecule is NCCN1CCN[C@H](c2ccccc2)[C@H]1c1ccccc1. The Kier molecular flexibility index (Phi) is 4.65. The van der Waals surface area contributed by atoms with Gasteiger partial charge in [-0.3, -0.25) is 4.90 Å². The highest BCUT2D eigenvalue weighted by Gasteiger charge is 2.32. The van der Waals surface area contributed by atoms with Crippen LogP contribution in [0.2, 0.25) is 0 Å². The van der Waals surface area contributed by atoms with E-state index in [-0.39, 0.29) is 0 Å². The highest BCUT2D eigenvalue weighted by atomic mass is 15.2. The van der Waals surface area contributed by atoms with E-state index < -0.39 is 0 Å². The molecule has 2 aromatic rings. The Morgan fingerprint density at radius 2 is 1.57 bits per heavy atom. The highest BCUT2D eigenvalue weighted by molar-refractivity contribution is 5.28. The molecule has 0 aliphatic carbocycles. The summed E-state index contributed by atoms with van der Waals surface area (Å²) in [5, 5.41) is 3.69. The molecule has 1 heterocycles. The van der Waals surface area contributed by atoms with Crippen LogP contribution in [0.25, 0.3) is 0 Å². The van der Waals surface area contributed by atoms with E-state index in [1.165, 1.54) is 11.1 Å². The Bertz CT molecular complexity index is 539. The fraction of sp³-hybridized carbons (Fsp3) is 0.333. The third-order valence-corrected chi connectivity index (χ3v) is 4.19. The molecule has 0 bridgehead atoms. The van der Waals surface area contributed by atoms with Crippen molar-refractivity contribution in [3.05, 3.63) is 71.8 Å². The predicted octanol–water partition coefficient (Wildman–Crippen LogP) is 2.33. The lowest BCUT2D eigenvalue weighted by atomic mass is 9.90. The molecule has 1 aliphatic rings. The normalized spacial score (nSPS) is 23.1. The van der Waals surface area contributed by atoms with Crippen molar-refractivity contribution < 1.29 is 0 Å². The summed E-state index contributed by atoms with van der Waals surface area (Å²) in [4.78, 5) is 2.50. The van der Waals surface area contributed by atoms with E-state index in [0.717, 1.165) is 19.6 Å². The van der Waals surface area contributed by atoms with Gasteiger partial charge in [0, 0.05) is 26.2 Å². The summed E-state index contributed by atoms with van der Waals surface area (Å²) in [5.41, 5.74) is 8.52. The molecule has 2 aromatic carbocycles. The Morgan fingerprint density at radius 1 is 0.952 bits per heavy atom. The lowest BCUT2D eigenvalue weighted by molar-refractivity contribution is 0.123. The second-order valence-electron chi connectivity index (χ2n) is 5.52. The molecule has 3 nitrogen and oxygen atoms in total. The van der Waals surface area contributed by atoms with Crippen molar-refractivity contribution in [1.82, 2.24) is 10.2 Å². The van der Waals surface area contributed by atoms with Crippen LogP contribution in [0.15, 0.2) is 60.7 Å². The fourth-order valence-corrected chi connectivity index (χ4v) is 3.26. The van der Waals surface area contributed by atoms with Crippen LogP contribution < -0.4 is 11.1 Å². The molecule has 1 aliphatic heterocycles. The number of hydrogen-bond donors (Lipinski definition) is 2. The molecule has 0 amide bonds. The maximum absolute atomic E-state index is 5.82. The van der Waals surface area contributed by atoms with Gasteiger partial charge >= 0.3 is 0 Å². The van der Waals surface area contributed by atoms with Crippen LogP contribution in [0, 0.1) is 0 Å². The first-order chi connectivity index (χ1) is 10.4. The molecule has 0 radical (unpaired) electrons. The molecule has 1 fully saturated rings. The number of nitrogens with one attached hydrogen (secondary N) is 1. The largest absolute Gasteiger partial charge is 0.329 e. The smallest absolute Gasteiger partial charge is 0.0544 e. The third kappa shape index (κ3) is 3.16. The van der Waals surface area contributed by atoms with E-state index in [9.17, 15) is 0 Å². The zero-order valence-electron chi connectivity index (χ0n) is 12.3. The van der Waals surface area contributed by atoms with Crippen LogP contribution in [0.3, 0.4) is 0 Å². The average Bonchev–Trinajstić information content (AvgIpc) is 2.56. The van der Waals surface area contributed by atoms with Gasteiger partial charge in [0.15, 0.2) is 0 Å². The molecule has 0 saturated carbocycles. The summed E-state index contributed by atoms with van der Waals surface area (Å²) in [6, 6.07) is 22.1. The molecule has 0 unspecified atom stereocenters. The minimum absolute atomic E-state index is 0.314. The van der Waals surface area contributed by atoms with Crippen LogP contribution in [0.1, 0.15) is 23.2 Å². The van der Waals surface area contributed by atoms with Crippen molar-refractivity contribution in [1.29, 1.82) is 0 Å². The van der Waals surface area contributed by atoms with Crippen molar-refractivity contribution in [3.63, 3.8) is 0 Å². The summed E-state index contributed by atoms with van der Waals surface area (Å²) < 4.78 is 0. The molecule has 3 heteroatoms. The summed E-state index contributed by atoms with van der Waals surface area (Å²) in [7, 11) is 0. The summed E-state index contributed by atoms with van der Waals surface area (Å²) in [6.07, 6.45) is 0. The van der Waals surface area contributed by atoms with E-state index in [4.69, 9.17) is 5.73 Å². The molecule has 21 heavy (non-hydrogen) atoms. The standard InChI is InChI=1S/C18H23N3/c19-11-13-21-14-12-20-17(15-7-3-1-4-8-15)18(21)16-9-5-2-6-10-16/h1-10,17-18,20H,11-14,19H2/t17-,18-/m1/s1. The van der Waals surface area contributed by atoms with Gasteiger partial charge in [-0.05, 0) is 11.1 Å². The van der Waals surface area contributed by atoms with Crippen molar-refractivity contribution >= 4 is 0 Å². The predicted molar refractivity (Wildman–Crippen MR) is 87.0 cm³/mol. The van der Waals surface area contributed by atoms with Gasteiger partial charge < -0.3 is 11.1 Å². The van der Waals surface area contributed by atoms with Gasteiger partial charge in [0.25, 0.3) is 0 Å². The maximum atomic E-state index is 5.82. The van der Waals surface area contributed by atoms with E-state index >= 15 is 0 Å². The van der Waals surface area contributed by atoms with Crippen molar-refractivity contribution in [2.45, 2.75) is 12.1 Å². The summed E-state index contributed by atoms with van der Waals surface area (Å²) >= 11 is 0. The Labute approximate surface area is 126 Å². The van der Waals surface area contributed by atoms with Gasteiger partial charge in [0.2, 0.25) is 0 Å². The number of hydrogen-bond acceptors (Lipinski definition) is 3. The van der Waals surface area contributed by atoms with Crippen molar-refractivity contribution in [2.24, 2.45) is 5.73 Å². The second-order valence-corrected chi connectivity index (χ2v) is 5.52. The highest BCUT2D eigenvalue weighted by Crippen LogP contribution is 2.35. The quantitative estimate of drug-likeness (QED) is 0.904. The minimum Gasteiger partial charge on any atom is -0.329 e. The second kappa shape index (κ2) is 6.85. The van der Waals surface area contributed by atoms with Crippen LogP contribution >= 0.6 is 0 Å². The Hall–Kier alpha value is -1.68. The topological polar surface area (TPSA) is 41.3 Å². The van der Waals surface area contributed by atoms with E-state index in [1.807, 2.05) is 0 Å². The Morgan fingerprint density at radius 3 is 2.19 bits per heavy atom. The van der Waals surface area contributed by atoms with Gasteiger partial charge in [-0.1, -0.05) is 60.7 Å². The zero-order chi connectivity index (χ0) is 14.5. The number of nitrogens with zero attached hydrogens (tertiary/aromatic N) is 1. The van der Waals surface area contributed by atoms with Crippen LogP contribution in [-0.2, 0) is 0 Å².